The van der Waals surface area contributed by atoms with Crippen LogP contribution in [0, 0.1) is 12.7 Å². The fourth-order valence-corrected chi connectivity index (χ4v) is 3.75. The summed E-state index contributed by atoms with van der Waals surface area (Å²) >= 11 is 0. The molecule has 0 amide bonds. The Morgan fingerprint density at radius 1 is 0.862 bits per heavy atom. The van der Waals surface area contributed by atoms with Gasteiger partial charge >= 0.3 is 0 Å². The summed E-state index contributed by atoms with van der Waals surface area (Å²) in [4.78, 5) is 13.8. The summed E-state index contributed by atoms with van der Waals surface area (Å²) in [6.07, 6.45) is 3.62. The van der Waals surface area contributed by atoms with Crippen molar-refractivity contribution in [3.05, 3.63) is 72.3 Å². The fourth-order valence-electron chi connectivity index (χ4n) is 3.75. The van der Waals surface area contributed by atoms with Gasteiger partial charge in [-0.2, -0.15) is 9.61 Å². The predicted octanol–water partition coefficient (Wildman–Crippen LogP) is 3.57. The molecule has 0 unspecified atom stereocenters. The average molecular weight is 388 g/mol. The topological polar surface area (TPSA) is 49.6 Å². The average Bonchev–Trinajstić information content (AvgIpc) is 3.22. The molecule has 1 aromatic carbocycles. The summed E-state index contributed by atoms with van der Waals surface area (Å²) in [5.74, 6) is 1.77. The van der Waals surface area contributed by atoms with Gasteiger partial charge in [0.05, 0.1) is 11.9 Å². The zero-order valence-electron chi connectivity index (χ0n) is 16.2. The van der Waals surface area contributed by atoms with Gasteiger partial charge in [0, 0.05) is 50.1 Å². The Labute approximate surface area is 168 Å². The molecule has 1 fully saturated rings. The van der Waals surface area contributed by atoms with E-state index in [0.29, 0.717) is 0 Å². The minimum Gasteiger partial charge on any atom is -0.353 e. The third kappa shape index (κ3) is 3.40. The highest BCUT2D eigenvalue weighted by atomic mass is 19.1. The van der Waals surface area contributed by atoms with E-state index in [4.69, 9.17) is 4.98 Å². The maximum Gasteiger partial charge on any atom is 0.157 e. The molecule has 0 aliphatic carbocycles. The van der Waals surface area contributed by atoms with Gasteiger partial charge in [-0.15, -0.1) is 0 Å². The van der Waals surface area contributed by atoms with Crippen LogP contribution >= 0.6 is 0 Å². The zero-order valence-corrected chi connectivity index (χ0v) is 16.2. The third-order valence-corrected chi connectivity index (χ3v) is 5.31. The molecule has 0 radical (unpaired) electrons. The van der Waals surface area contributed by atoms with Crippen molar-refractivity contribution in [1.29, 1.82) is 0 Å². The summed E-state index contributed by atoms with van der Waals surface area (Å²) in [7, 11) is 0. The fraction of sp³-hybridized carbons (Fsp3) is 0.227. The number of nitrogens with zero attached hydrogens (tertiary/aromatic N) is 6. The lowest BCUT2D eigenvalue weighted by Crippen LogP contribution is -2.47. The maximum atomic E-state index is 13.3. The normalized spacial score (nSPS) is 14.6. The molecule has 0 spiro atoms. The number of hydrogen-bond acceptors (Lipinski definition) is 5. The van der Waals surface area contributed by atoms with Gasteiger partial charge in [-0.1, -0.05) is 0 Å². The van der Waals surface area contributed by atoms with Crippen molar-refractivity contribution in [1.82, 2.24) is 19.6 Å². The maximum absolute atomic E-state index is 13.3. The highest BCUT2D eigenvalue weighted by Crippen LogP contribution is 2.26. The number of aromatic nitrogens is 4. The van der Waals surface area contributed by atoms with Gasteiger partial charge in [0.2, 0.25) is 0 Å². The molecule has 1 aliphatic heterocycles. The molecule has 0 saturated carbocycles. The number of fused-ring (bicyclic) bond motifs is 1. The highest BCUT2D eigenvalue weighted by molar-refractivity contribution is 5.67. The van der Waals surface area contributed by atoms with Crippen molar-refractivity contribution in [3.8, 4) is 11.3 Å². The largest absolute Gasteiger partial charge is 0.353 e. The Hall–Kier alpha value is -3.48. The number of aryl methyl sites for hydroxylation is 1. The van der Waals surface area contributed by atoms with Crippen LogP contribution in [0.15, 0.2) is 60.9 Å². The standard InChI is InChI=1S/C22H21FN6/c1-16-6-8-24-21(14-16)27-10-12-28(13-11-27)22-15-19(17-2-4-18(23)5-3-17)26-20-7-9-25-29(20)22/h2-9,14-15H,10-13H2,1H3. The number of benzene rings is 1. The van der Waals surface area contributed by atoms with Crippen LogP contribution < -0.4 is 9.80 Å². The zero-order chi connectivity index (χ0) is 19.8. The molecular weight excluding hydrogens is 367 g/mol. The molecule has 0 N–H and O–H groups in total. The van der Waals surface area contributed by atoms with Crippen molar-refractivity contribution in [2.24, 2.45) is 0 Å². The Bertz CT molecular complexity index is 1150. The minimum absolute atomic E-state index is 0.250. The van der Waals surface area contributed by atoms with Crippen molar-refractivity contribution in [2.45, 2.75) is 6.92 Å². The van der Waals surface area contributed by atoms with Gasteiger partial charge in [0.15, 0.2) is 5.65 Å². The van der Waals surface area contributed by atoms with Gasteiger partial charge in [0.25, 0.3) is 0 Å². The van der Waals surface area contributed by atoms with Crippen molar-refractivity contribution in [2.75, 3.05) is 36.0 Å². The van der Waals surface area contributed by atoms with Crippen molar-refractivity contribution in [3.63, 3.8) is 0 Å². The highest BCUT2D eigenvalue weighted by Gasteiger charge is 2.21. The molecule has 146 valence electrons. The van der Waals surface area contributed by atoms with Crippen LogP contribution in [-0.4, -0.2) is 45.8 Å². The van der Waals surface area contributed by atoms with Crippen LogP contribution in [0.25, 0.3) is 16.9 Å². The van der Waals surface area contributed by atoms with E-state index in [0.717, 1.165) is 54.7 Å². The number of anilines is 2. The van der Waals surface area contributed by atoms with Crippen LogP contribution in [0.5, 0.6) is 0 Å². The summed E-state index contributed by atoms with van der Waals surface area (Å²) < 4.78 is 15.2. The number of pyridine rings is 1. The first-order valence-corrected chi connectivity index (χ1v) is 9.71. The number of halogens is 1. The molecule has 1 saturated heterocycles. The first kappa shape index (κ1) is 17.6. The van der Waals surface area contributed by atoms with Crippen molar-refractivity contribution < 1.29 is 4.39 Å². The first-order valence-electron chi connectivity index (χ1n) is 9.71. The van der Waals surface area contributed by atoms with E-state index >= 15 is 0 Å². The minimum atomic E-state index is -0.250. The van der Waals surface area contributed by atoms with Crippen LogP contribution in [-0.2, 0) is 0 Å². The lowest BCUT2D eigenvalue weighted by Gasteiger charge is -2.36. The Kier molecular flexibility index (Phi) is 4.35. The van der Waals surface area contributed by atoms with Crippen LogP contribution in [0.3, 0.4) is 0 Å². The molecule has 3 aromatic heterocycles. The van der Waals surface area contributed by atoms with E-state index in [1.54, 1.807) is 18.3 Å². The van der Waals surface area contributed by atoms with E-state index in [2.05, 4.69) is 32.9 Å². The van der Waals surface area contributed by atoms with Gasteiger partial charge in [0.1, 0.15) is 17.5 Å². The number of rotatable bonds is 3. The van der Waals surface area contributed by atoms with Crippen molar-refractivity contribution >= 4 is 17.3 Å². The third-order valence-electron chi connectivity index (χ3n) is 5.31. The first-order chi connectivity index (χ1) is 14.2. The SMILES string of the molecule is Cc1ccnc(N2CCN(c3cc(-c4ccc(F)cc4)nc4ccnn34)CC2)c1. The molecule has 6 nitrogen and oxygen atoms in total. The van der Waals surface area contributed by atoms with E-state index in [-0.39, 0.29) is 5.82 Å². The second-order valence-corrected chi connectivity index (χ2v) is 7.27. The van der Waals surface area contributed by atoms with Crippen LogP contribution in [0.4, 0.5) is 16.0 Å². The Morgan fingerprint density at radius 2 is 1.62 bits per heavy atom. The smallest absolute Gasteiger partial charge is 0.157 e. The Balaban J connectivity index is 1.44. The second kappa shape index (κ2) is 7.16. The summed E-state index contributed by atoms with van der Waals surface area (Å²) in [5.41, 5.74) is 3.70. The molecule has 4 aromatic rings. The lowest BCUT2D eigenvalue weighted by molar-refractivity contribution is 0.628. The van der Waals surface area contributed by atoms with E-state index in [9.17, 15) is 4.39 Å². The number of piperazine rings is 1. The van der Waals surface area contributed by atoms with E-state index in [1.807, 2.05) is 28.9 Å². The predicted molar refractivity (Wildman–Crippen MR) is 112 cm³/mol. The molecule has 1 aliphatic rings. The molecule has 5 rings (SSSR count). The van der Waals surface area contributed by atoms with E-state index < -0.39 is 0 Å². The van der Waals surface area contributed by atoms with Gasteiger partial charge in [-0.25, -0.2) is 14.4 Å². The van der Waals surface area contributed by atoms with Crippen LogP contribution in [0.2, 0.25) is 0 Å². The molecule has 29 heavy (non-hydrogen) atoms. The summed E-state index contributed by atoms with van der Waals surface area (Å²) in [6.45, 7) is 5.57. The quantitative estimate of drug-likeness (QED) is 0.537. The van der Waals surface area contributed by atoms with Gasteiger partial charge < -0.3 is 9.80 Å². The summed E-state index contributed by atoms with van der Waals surface area (Å²) in [6, 6.07) is 14.5. The molecule has 0 atom stereocenters. The summed E-state index contributed by atoms with van der Waals surface area (Å²) in [5, 5.41) is 4.46. The number of hydrogen-bond donors (Lipinski definition) is 0. The Morgan fingerprint density at radius 3 is 2.38 bits per heavy atom. The van der Waals surface area contributed by atoms with Gasteiger partial charge in [-0.05, 0) is 48.9 Å². The molecule has 0 bridgehead atoms. The van der Waals surface area contributed by atoms with Gasteiger partial charge in [-0.3, -0.25) is 0 Å². The van der Waals surface area contributed by atoms with E-state index in [1.165, 1.54) is 17.7 Å². The molecule has 4 heterocycles. The molecule has 7 heteroatoms. The second-order valence-electron chi connectivity index (χ2n) is 7.27. The lowest BCUT2D eigenvalue weighted by atomic mass is 10.1. The monoisotopic (exact) mass is 388 g/mol. The molecular formula is C22H21FN6. The van der Waals surface area contributed by atoms with Crippen LogP contribution in [0.1, 0.15) is 5.56 Å².